The van der Waals surface area contributed by atoms with Gasteiger partial charge in [0.1, 0.15) is 54.3 Å². The number of alkyl halides is 3. The van der Waals surface area contributed by atoms with Crippen molar-refractivity contribution in [1.82, 2.24) is 14.9 Å². The van der Waals surface area contributed by atoms with Gasteiger partial charge in [0.25, 0.3) is 5.91 Å². The summed E-state index contributed by atoms with van der Waals surface area (Å²) in [6.07, 6.45) is -3.99. The topological polar surface area (TPSA) is 88.6 Å². The molecule has 2 aromatic rings. The van der Waals surface area contributed by atoms with E-state index in [0.717, 1.165) is 6.07 Å². The maximum Gasteiger partial charge on any atom is 0.421 e. The molecule has 188 valence electrons. The monoisotopic (exact) mass is 503 g/mol. The van der Waals surface area contributed by atoms with E-state index in [1.807, 2.05) is 31.4 Å². The van der Waals surface area contributed by atoms with Crippen LogP contribution in [-0.4, -0.2) is 91.6 Å². The number of benzene rings is 1. The van der Waals surface area contributed by atoms with Gasteiger partial charge in [-0.3, -0.25) is 4.79 Å². The molecule has 1 saturated heterocycles. The van der Waals surface area contributed by atoms with Crippen molar-refractivity contribution >= 4 is 54.7 Å². The van der Waals surface area contributed by atoms with Crippen LogP contribution in [-0.2, 0) is 10.9 Å². The maximum atomic E-state index is 14.9. The SMILES string of the molecule is BC1(B)C(Nc2nc(Nc3cc(F)c(C(=O)N4CCOCC4)cc3OC)ncc2C(F)(F)F)C1(B)B. The van der Waals surface area contributed by atoms with Crippen molar-refractivity contribution in [3.8, 4) is 5.75 Å². The highest BCUT2D eigenvalue weighted by atomic mass is 19.4. The number of anilines is 3. The second-order valence-electron chi connectivity index (χ2n) is 10.0. The van der Waals surface area contributed by atoms with Crippen LogP contribution in [0.2, 0.25) is 10.4 Å². The highest BCUT2D eigenvalue weighted by molar-refractivity contribution is 6.61. The molecule has 16 heteroatoms. The first-order valence-corrected chi connectivity index (χ1v) is 11.5. The quantitative estimate of drug-likeness (QED) is 0.404. The number of methoxy groups -OCH3 is 1. The van der Waals surface area contributed by atoms with Crippen LogP contribution in [0.1, 0.15) is 15.9 Å². The molecule has 1 amide bonds. The largest absolute Gasteiger partial charge is 0.495 e. The Bertz CT molecular complexity index is 1160. The van der Waals surface area contributed by atoms with Crippen molar-refractivity contribution in [3.63, 3.8) is 0 Å². The van der Waals surface area contributed by atoms with E-state index < -0.39 is 23.5 Å². The van der Waals surface area contributed by atoms with E-state index in [1.54, 1.807) is 0 Å². The predicted molar refractivity (Wildman–Crippen MR) is 137 cm³/mol. The van der Waals surface area contributed by atoms with Crippen LogP contribution in [0, 0.1) is 5.82 Å². The summed E-state index contributed by atoms with van der Waals surface area (Å²) in [5, 5.41) is 5.15. The Balaban J connectivity index is 1.63. The minimum atomic E-state index is -4.67. The van der Waals surface area contributed by atoms with Gasteiger partial charge in [0.15, 0.2) is 0 Å². The molecule has 36 heavy (non-hydrogen) atoms. The average molecular weight is 503 g/mol. The van der Waals surface area contributed by atoms with Gasteiger partial charge in [0, 0.05) is 31.4 Å². The van der Waals surface area contributed by atoms with E-state index in [2.05, 4.69) is 20.6 Å². The second-order valence-corrected chi connectivity index (χ2v) is 10.0. The summed E-state index contributed by atoms with van der Waals surface area (Å²) in [5.41, 5.74) is -1.13. The summed E-state index contributed by atoms with van der Waals surface area (Å²) >= 11 is 0. The number of carbonyl (C=O) groups excluding carboxylic acids is 1. The summed E-state index contributed by atoms with van der Waals surface area (Å²) in [6.45, 7) is 1.40. The summed E-state index contributed by atoms with van der Waals surface area (Å²) in [6, 6.07) is 2.04. The van der Waals surface area contributed by atoms with E-state index in [4.69, 9.17) is 9.47 Å². The van der Waals surface area contributed by atoms with Gasteiger partial charge < -0.3 is 25.0 Å². The lowest BCUT2D eigenvalue weighted by Gasteiger charge is -2.27. The molecule has 2 N–H and O–H groups in total. The van der Waals surface area contributed by atoms with Gasteiger partial charge in [-0.1, -0.05) is 10.4 Å². The number of nitrogens with zero attached hydrogens (tertiary/aromatic N) is 3. The molecule has 8 nitrogen and oxygen atoms in total. The third kappa shape index (κ3) is 4.74. The smallest absolute Gasteiger partial charge is 0.421 e. The Morgan fingerprint density at radius 3 is 2.39 bits per heavy atom. The highest BCUT2D eigenvalue weighted by Crippen LogP contribution is 2.68. The lowest BCUT2D eigenvalue weighted by molar-refractivity contribution is -0.137. The Kier molecular flexibility index (Phi) is 6.69. The van der Waals surface area contributed by atoms with Crippen molar-refractivity contribution in [2.24, 2.45) is 0 Å². The Morgan fingerprint density at radius 1 is 1.19 bits per heavy atom. The number of aromatic nitrogens is 2. The lowest BCUT2D eigenvalue weighted by atomic mass is 9.49. The molecule has 1 aromatic carbocycles. The molecule has 1 saturated carbocycles. The third-order valence-corrected chi connectivity index (χ3v) is 7.46. The fourth-order valence-corrected chi connectivity index (χ4v) is 4.49. The van der Waals surface area contributed by atoms with E-state index >= 15 is 0 Å². The fraction of sp³-hybridized carbons (Fsp3) is 0.450. The Morgan fingerprint density at radius 2 is 1.83 bits per heavy atom. The van der Waals surface area contributed by atoms with E-state index in [9.17, 15) is 22.4 Å². The minimum Gasteiger partial charge on any atom is -0.495 e. The van der Waals surface area contributed by atoms with Crippen LogP contribution in [0.3, 0.4) is 0 Å². The first-order chi connectivity index (χ1) is 16.8. The van der Waals surface area contributed by atoms with Gasteiger partial charge >= 0.3 is 6.18 Å². The van der Waals surface area contributed by atoms with Crippen molar-refractivity contribution in [2.75, 3.05) is 44.0 Å². The molecule has 1 aliphatic heterocycles. The zero-order valence-electron chi connectivity index (χ0n) is 20.7. The van der Waals surface area contributed by atoms with Crippen LogP contribution in [0.5, 0.6) is 5.75 Å². The number of hydrogen-bond donors (Lipinski definition) is 2. The number of ether oxygens (including phenoxy) is 2. The first kappa shape index (κ1) is 26.2. The van der Waals surface area contributed by atoms with Gasteiger partial charge in [0.05, 0.1) is 31.6 Å². The number of hydrogen-bond acceptors (Lipinski definition) is 7. The van der Waals surface area contributed by atoms with Gasteiger partial charge in [-0.2, -0.15) is 18.2 Å². The first-order valence-electron chi connectivity index (χ1n) is 11.5. The molecular formula is C20H25B4F4N5O3. The van der Waals surface area contributed by atoms with Gasteiger partial charge in [-0.15, -0.1) is 0 Å². The molecule has 4 rings (SSSR count). The molecule has 0 unspecified atom stereocenters. The van der Waals surface area contributed by atoms with Gasteiger partial charge in [-0.25, -0.2) is 9.37 Å². The number of carbonyl (C=O) groups is 1. The molecule has 2 heterocycles. The normalized spacial score (nSPS) is 19.0. The maximum absolute atomic E-state index is 14.9. The number of morpholine rings is 1. The zero-order chi connectivity index (χ0) is 26.5. The molecule has 2 fully saturated rings. The van der Waals surface area contributed by atoms with Gasteiger partial charge in [-0.05, 0) is 6.07 Å². The van der Waals surface area contributed by atoms with Crippen molar-refractivity contribution < 1.29 is 31.8 Å². The standard InChI is InChI=1S/C20H25B4F4N5O3/c1-35-13-6-9(15(34)33-2-4-36-5-3-33)11(25)7-12(13)30-17-29-8-10(20(26,27)28)14(32-17)31-16-18(21,22)19(16,23)24/h6-8,16H,2-5,21-24H2,1H3,(H2,29,30,31,32). The molecule has 0 atom stereocenters. The molecule has 0 bridgehead atoms. The second kappa shape index (κ2) is 9.20. The molecule has 1 aromatic heterocycles. The summed E-state index contributed by atoms with van der Waals surface area (Å²) < 4.78 is 66.4. The van der Waals surface area contributed by atoms with E-state index in [0.29, 0.717) is 32.5 Å². The average Bonchev–Trinajstić information content (AvgIpc) is 3.20. The number of rotatable bonds is 6. The van der Waals surface area contributed by atoms with E-state index in [-0.39, 0.29) is 45.2 Å². The Labute approximate surface area is 209 Å². The molecule has 0 spiro atoms. The zero-order valence-corrected chi connectivity index (χ0v) is 20.7. The minimum absolute atomic E-state index is 0.0614. The number of halogens is 4. The van der Waals surface area contributed by atoms with E-state index in [1.165, 1.54) is 18.1 Å². The third-order valence-electron chi connectivity index (χ3n) is 7.46. The number of amides is 1. The van der Waals surface area contributed by atoms with Crippen LogP contribution >= 0.6 is 0 Å². The summed E-state index contributed by atoms with van der Waals surface area (Å²) in [5.74, 6) is -1.78. The van der Waals surface area contributed by atoms with Gasteiger partial charge in [0.2, 0.25) is 5.95 Å². The number of nitrogens with one attached hydrogen (secondary N) is 2. The summed E-state index contributed by atoms with van der Waals surface area (Å²) in [7, 11) is 9.19. The van der Waals surface area contributed by atoms with Crippen LogP contribution in [0.4, 0.5) is 35.0 Å². The molecular weight excluding hydrogens is 477 g/mol. The van der Waals surface area contributed by atoms with Crippen LogP contribution < -0.4 is 15.4 Å². The Hall–Kier alpha value is -2.89. The molecule has 2 aliphatic rings. The predicted octanol–water partition coefficient (Wildman–Crippen LogP) is -0.582. The van der Waals surface area contributed by atoms with Crippen LogP contribution in [0.15, 0.2) is 18.3 Å². The molecule has 1 aliphatic carbocycles. The highest BCUT2D eigenvalue weighted by Gasteiger charge is 2.63. The van der Waals surface area contributed by atoms with Crippen LogP contribution in [0.25, 0.3) is 0 Å². The van der Waals surface area contributed by atoms with Crippen molar-refractivity contribution in [2.45, 2.75) is 22.6 Å². The fourth-order valence-electron chi connectivity index (χ4n) is 4.49. The van der Waals surface area contributed by atoms with Crippen molar-refractivity contribution in [1.29, 1.82) is 0 Å². The van der Waals surface area contributed by atoms with Crippen molar-refractivity contribution in [3.05, 3.63) is 35.3 Å². The molecule has 0 radical (unpaired) electrons. The lowest BCUT2D eigenvalue weighted by Crippen LogP contribution is -2.41. The summed E-state index contributed by atoms with van der Waals surface area (Å²) in [4.78, 5) is 22.1.